The Morgan fingerprint density at radius 3 is 2.97 bits per heavy atom. The molecule has 4 aromatic rings. The highest BCUT2D eigenvalue weighted by Gasteiger charge is 2.21. The summed E-state index contributed by atoms with van der Waals surface area (Å²) in [5.41, 5.74) is 5.05. The molecule has 0 atom stereocenters. The van der Waals surface area contributed by atoms with Crippen LogP contribution in [0.5, 0.6) is 5.75 Å². The van der Waals surface area contributed by atoms with Gasteiger partial charge in [-0.05, 0) is 36.2 Å². The van der Waals surface area contributed by atoms with Crippen molar-refractivity contribution in [1.82, 2.24) is 14.4 Å². The van der Waals surface area contributed by atoms with Gasteiger partial charge < -0.3 is 14.9 Å². The third-order valence-corrected chi connectivity index (χ3v) is 5.63. The molecule has 0 amide bonds. The van der Waals surface area contributed by atoms with Crippen molar-refractivity contribution in [3.8, 4) is 16.9 Å². The lowest BCUT2D eigenvalue weighted by atomic mass is 10.0. The molecule has 0 unspecified atom stereocenters. The summed E-state index contributed by atoms with van der Waals surface area (Å²) >= 11 is 0. The molecule has 1 aliphatic rings. The Bertz CT molecular complexity index is 1420. The van der Waals surface area contributed by atoms with Gasteiger partial charge in [-0.25, -0.2) is 9.37 Å². The third-order valence-electron chi connectivity index (χ3n) is 5.63. The zero-order chi connectivity index (χ0) is 22.2. The van der Waals surface area contributed by atoms with Gasteiger partial charge >= 0.3 is 0 Å². The molecule has 0 saturated heterocycles. The minimum absolute atomic E-state index is 0.221. The van der Waals surface area contributed by atoms with E-state index in [9.17, 15) is 9.18 Å². The Labute approximate surface area is 183 Å². The molecule has 0 aliphatic carbocycles. The Morgan fingerprint density at radius 1 is 1.31 bits per heavy atom. The van der Waals surface area contributed by atoms with Crippen LogP contribution in [0.15, 0.2) is 42.7 Å². The van der Waals surface area contributed by atoms with E-state index < -0.39 is 0 Å². The maximum Gasteiger partial charge on any atom is 0.288 e. The van der Waals surface area contributed by atoms with Crippen molar-refractivity contribution in [1.29, 1.82) is 0 Å². The van der Waals surface area contributed by atoms with Crippen molar-refractivity contribution in [3.63, 3.8) is 0 Å². The van der Waals surface area contributed by atoms with E-state index in [-0.39, 0.29) is 18.2 Å². The molecule has 1 aliphatic heterocycles. The molecule has 158 valence electrons. The molecule has 0 bridgehead atoms. The van der Waals surface area contributed by atoms with Gasteiger partial charge in [0, 0.05) is 42.0 Å². The number of hydrogen-bond acceptors (Lipinski definition) is 5. The fourth-order valence-electron chi connectivity index (χ4n) is 4.08. The van der Waals surface area contributed by atoms with Gasteiger partial charge in [0.15, 0.2) is 0 Å². The zero-order valence-electron chi connectivity index (χ0n) is 17.2. The molecule has 0 spiro atoms. The van der Waals surface area contributed by atoms with Crippen LogP contribution in [-0.2, 0) is 13.0 Å². The lowest BCUT2D eigenvalue weighted by Crippen LogP contribution is -2.09. The number of fused-ring (bicyclic) bond motifs is 2. The first-order valence-corrected chi connectivity index (χ1v) is 10.1. The monoisotopic (exact) mass is 427 g/mol. The molecular weight excluding hydrogens is 409 g/mol. The first-order chi connectivity index (χ1) is 15.6. The number of carbonyl (C=O) groups is 1. The minimum atomic E-state index is -0.298. The number of imidazole rings is 1. The molecule has 2 aromatic heterocycles. The summed E-state index contributed by atoms with van der Waals surface area (Å²) < 4.78 is 21.8. The van der Waals surface area contributed by atoms with E-state index in [0.29, 0.717) is 41.5 Å². The van der Waals surface area contributed by atoms with E-state index in [1.54, 1.807) is 35.0 Å². The highest BCUT2D eigenvalue weighted by molar-refractivity contribution is 5.84. The van der Waals surface area contributed by atoms with E-state index in [1.807, 2.05) is 13.0 Å². The number of aryl methyl sites for hydroxylation is 1. The molecule has 7 nitrogen and oxygen atoms in total. The normalized spacial score (nSPS) is 12.3. The smallest absolute Gasteiger partial charge is 0.288 e. The predicted molar refractivity (Wildman–Crippen MR) is 118 cm³/mol. The van der Waals surface area contributed by atoms with E-state index in [1.165, 1.54) is 6.07 Å². The van der Waals surface area contributed by atoms with Crippen LogP contribution in [0, 0.1) is 19.3 Å². The highest BCUT2D eigenvalue weighted by atomic mass is 19.1. The topological polar surface area (TPSA) is 72.9 Å². The highest BCUT2D eigenvalue weighted by Crippen LogP contribution is 2.32. The van der Waals surface area contributed by atoms with Gasteiger partial charge in [0.1, 0.15) is 17.9 Å². The molecule has 5 rings (SSSR count). The van der Waals surface area contributed by atoms with Crippen LogP contribution in [0.4, 0.5) is 16.2 Å². The van der Waals surface area contributed by atoms with Crippen LogP contribution in [0.2, 0.25) is 0 Å². The van der Waals surface area contributed by atoms with Crippen LogP contribution in [0.25, 0.3) is 21.6 Å². The average molecular weight is 427 g/mol. The lowest BCUT2D eigenvalue weighted by Gasteiger charge is -2.13. The van der Waals surface area contributed by atoms with Gasteiger partial charge in [0.2, 0.25) is 11.6 Å². The zero-order valence-corrected chi connectivity index (χ0v) is 17.2. The molecule has 3 heterocycles. The van der Waals surface area contributed by atoms with Crippen molar-refractivity contribution in [2.45, 2.75) is 19.9 Å². The molecule has 8 heteroatoms. The Hall–Kier alpha value is -4.25. The first-order valence-electron chi connectivity index (χ1n) is 10.1. The van der Waals surface area contributed by atoms with Crippen LogP contribution in [0.3, 0.4) is 0 Å². The summed E-state index contributed by atoms with van der Waals surface area (Å²) in [5, 5.41) is 3.19. The number of nitrogens with one attached hydrogen (secondary N) is 1. The average Bonchev–Trinajstić information content (AvgIpc) is 3.46. The van der Waals surface area contributed by atoms with Gasteiger partial charge in [-0.15, -0.1) is 0 Å². The van der Waals surface area contributed by atoms with Crippen LogP contribution < -0.4 is 10.1 Å². The number of benzene rings is 2. The van der Waals surface area contributed by atoms with Crippen molar-refractivity contribution in [2.75, 3.05) is 11.9 Å². The standard InChI is InChI=1S/C24H18FN5O2/c1-14-9-15(13-31)3-4-16(14)19-11-28-24(30-12-22(26-2)29-23(19)30)27-10-18-17-7-8-32-21(17)6-5-20(18)25/h3-6,9,11-13H,7-8,10H2,1H3,(H,27,28). The number of hydrogen-bond donors (Lipinski definition) is 1. The van der Waals surface area contributed by atoms with Crippen molar-refractivity contribution >= 4 is 23.7 Å². The van der Waals surface area contributed by atoms with Crippen LogP contribution in [-0.4, -0.2) is 27.3 Å². The summed E-state index contributed by atoms with van der Waals surface area (Å²) in [6, 6.07) is 8.44. The largest absolute Gasteiger partial charge is 0.493 e. The molecule has 0 radical (unpaired) electrons. The van der Waals surface area contributed by atoms with Crippen LogP contribution >= 0.6 is 0 Å². The first kappa shape index (κ1) is 19.7. The maximum absolute atomic E-state index is 14.5. The number of halogens is 1. The number of rotatable bonds is 5. The van der Waals surface area contributed by atoms with Crippen molar-refractivity contribution in [2.24, 2.45) is 0 Å². The quantitative estimate of drug-likeness (QED) is 0.367. The van der Waals surface area contributed by atoms with E-state index in [2.05, 4.69) is 20.1 Å². The second-order valence-corrected chi connectivity index (χ2v) is 7.55. The fourth-order valence-corrected chi connectivity index (χ4v) is 4.08. The molecule has 0 saturated carbocycles. The number of ether oxygens (including phenoxy) is 1. The predicted octanol–water partition coefficient (Wildman–Crippen LogP) is 4.75. The SMILES string of the molecule is [C-]#[N+]c1cn2c(NCc3c(F)ccc4c3CCO4)ncc(-c3ccc(C=O)cc3C)c2n1. The minimum Gasteiger partial charge on any atom is -0.493 e. The van der Waals surface area contributed by atoms with Crippen LogP contribution in [0.1, 0.15) is 27.0 Å². The van der Waals surface area contributed by atoms with Crippen molar-refractivity contribution in [3.05, 3.63) is 82.2 Å². The summed E-state index contributed by atoms with van der Waals surface area (Å²) in [5.74, 6) is 1.09. The van der Waals surface area contributed by atoms with Gasteiger partial charge in [0.25, 0.3) is 5.82 Å². The third kappa shape index (κ3) is 3.24. The number of aromatic nitrogens is 3. The van der Waals surface area contributed by atoms with E-state index in [0.717, 1.165) is 28.5 Å². The lowest BCUT2D eigenvalue weighted by molar-refractivity contribution is 0.112. The van der Waals surface area contributed by atoms with Gasteiger partial charge in [-0.1, -0.05) is 23.7 Å². The molecule has 1 N–H and O–H groups in total. The van der Waals surface area contributed by atoms with Crippen molar-refractivity contribution < 1.29 is 13.9 Å². The summed E-state index contributed by atoms with van der Waals surface area (Å²) in [6.07, 6.45) is 4.74. The summed E-state index contributed by atoms with van der Waals surface area (Å²) in [4.78, 5) is 23.5. The molecule has 2 aromatic carbocycles. The summed E-state index contributed by atoms with van der Waals surface area (Å²) in [7, 11) is 0. The second-order valence-electron chi connectivity index (χ2n) is 7.55. The number of carbonyl (C=O) groups excluding carboxylic acids is 1. The Kier molecular flexibility index (Phi) is 4.79. The van der Waals surface area contributed by atoms with E-state index in [4.69, 9.17) is 11.3 Å². The fraction of sp³-hybridized carbons (Fsp3) is 0.167. The Morgan fingerprint density at radius 2 is 2.19 bits per heavy atom. The maximum atomic E-state index is 14.5. The number of aldehydes is 1. The van der Waals surface area contributed by atoms with Gasteiger partial charge in [-0.3, -0.25) is 9.20 Å². The Balaban J connectivity index is 1.56. The molecular formula is C24H18FN5O2. The van der Waals surface area contributed by atoms with Gasteiger partial charge in [0.05, 0.1) is 12.2 Å². The second kappa shape index (κ2) is 7.78. The van der Waals surface area contributed by atoms with Gasteiger partial charge in [-0.2, -0.15) is 0 Å². The van der Waals surface area contributed by atoms with E-state index >= 15 is 0 Å². The summed E-state index contributed by atoms with van der Waals surface area (Å²) in [6.45, 7) is 10.0. The molecule has 32 heavy (non-hydrogen) atoms. The number of anilines is 1. The molecule has 0 fully saturated rings. The number of nitrogens with zero attached hydrogens (tertiary/aromatic N) is 4.